The van der Waals surface area contributed by atoms with Crippen LogP contribution in [0.5, 0.6) is 0 Å². The lowest BCUT2D eigenvalue weighted by molar-refractivity contribution is -0.376. The molecule has 0 radical (unpaired) electrons. The van der Waals surface area contributed by atoms with Gasteiger partial charge in [-0.3, -0.25) is 24.0 Å². The third-order valence-electron chi connectivity index (χ3n) is 10.4. The van der Waals surface area contributed by atoms with Crippen molar-refractivity contribution in [3.63, 3.8) is 0 Å². The average molecular weight is 924 g/mol. The Labute approximate surface area is 382 Å². The van der Waals surface area contributed by atoms with E-state index in [0.29, 0.717) is 5.56 Å². The summed E-state index contributed by atoms with van der Waals surface area (Å²) in [6.07, 6.45) is -14.8. The average Bonchev–Trinajstić information content (AvgIpc) is 3.28. The second-order valence-electron chi connectivity index (χ2n) is 15.6. The van der Waals surface area contributed by atoms with Crippen molar-refractivity contribution in [1.29, 1.82) is 0 Å². The fourth-order valence-electron chi connectivity index (χ4n) is 7.60. The molecule has 1 amide bonds. The van der Waals surface area contributed by atoms with Gasteiger partial charge >= 0.3 is 29.8 Å². The van der Waals surface area contributed by atoms with E-state index in [2.05, 4.69) is 5.32 Å². The summed E-state index contributed by atoms with van der Waals surface area (Å²) in [5.74, 6) is -8.21. The van der Waals surface area contributed by atoms with Crippen molar-refractivity contribution in [3.05, 3.63) is 108 Å². The number of aliphatic hydroxyl groups excluding tert-OH is 1. The maximum atomic E-state index is 14.5. The number of methoxy groups -OCH3 is 1. The highest BCUT2D eigenvalue weighted by atomic mass is 16.8. The van der Waals surface area contributed by atoms with E-state index >= 15 is 0 Å². The third-order valence-corrected chi connectivity index (χ3v) is 10.4. The molecule has 2 heterocycles. The van der Waals surface area contributed by atoms with Crippen molar-refractivity contribution in [1.82, 2.24) is 5.32 Å². The molecule has 3 aromatic rings. The van der Waals surface area contributed by atoms with E-state index in [1.165, 1.54) is 0 Å². The van der Waals surface area contributed by atoms with Crippen LogP contribution in [0.15, 0.2) is 91.0 Å². The van der Waals surface area contributed by atoms with E-state index < -0.39 is 116 Å². The summed E-state index contributed by atoms with van der Waals surface area (Å²) in [5, 5.41) is 15.0. The molecule has 0 saturated carbocycles. The standard InChI is InChI=1S/C47H57NO18/c1-28(49)48-39-36(61-30(3)51)22-47(46(55)56-6,65-42(39)41(63-32(5)53)38(62-31(4)52)27-58-29(2)50)66-43-40(54)37(26-57-23-33-16-10-7-11-17-33)64-45(60-25-35-20-14-9-15-21-35)44(43)59-24-34-18-12-8-13-19-34/h7-21,36-45,54H,22-27H2,1-6H3,(H,48,49). The van der Waals surface area contributed by atoms with Crippen LogP contribution in [0.3, 0.4) is 0 Å². The second kappa shape index (κ2) is 24.6. The molecule has 358 valence electrons. The number of hydrogen-bond donors (Lipinski definition) is 2. The number of ether oxygens (including phenoxy) is 11. The van der Waals surface area contributed by atoms with Gasteiger partial charge in [0.1, 0.15) is 43.2 Å². The smallest absolute Gasteiger partial charge is 0.366 e. The van der Waals surface area contributed by atoms with E-state index in [1.807, 2.05) is 66.7 Å². The number of nitrogens with one attached hydrogen (secondary N) is 1. The largest absolute Gasteiger partial charge is 0.465 e. The number of carbonyl (C=O) groups excluding carboxylic acids is 6. The van der Waals surface area contributed by atoms with Gasteiger partial charge in [0.05, 0.1) is 46.0 Å². The van der Waals surface area contributed by atoms with Crippen LogP contribution in [0.4, 0.5) is 0 Å². The Bertz CT molecular complexity index is 2060. The Kier molecular flexibility index (Phi) is 19.1. The normalized spacial score (nSPS) is 25.9. The number of rotatable bonds is 21. The van der Waals surface area contributed by atoms with E-state index in [4.69, 9.17) is 52.1 Å². The molecule has 19 nitrogen and oxygen atoms in total. The zero-order chi connectivity index (χ0) is 47.8. The Morgan fingerprint density at radius 3 is 1.80 bits per heavy atom. The molecule has 0 spiro atoms. The van der Waals surface area contributed by atoms with E-state index in [9.17, 15) is 33.9 Å². The molecule has 11 atom stereocenters. The lowest BCUT2D eigenvalue weighted by Crippen LogP contribution is -2.71. The van der Waals surface area contributed by atoms with E-state index in [0.717, 1.165) is 52.9 Å². The Balaban J connectivity index is 1.65. The minimum atomic E-state index is -2.73. The molecule has 5 rings (SSSR count). The van der Waals surface area contributed by atoms with Gasteiger partial charge in [-0.2, -0.15) is 0 Å². The van der Waals surface area contributed by atoms with Crippen LogP contribution in [-0.4, -0.2) is 128 Å². The van der Waals surface area contributed by atoms with Crippen molar-refractivity contribution < 1.29 is 86.0 Å². The number of aliphatic hydroxyl groups is 1. The first-order valence-corrected chi connectivity index (χ1v) is 21.2. The van der Waals surface area contributed by atoms with Crippen LogP contribution in [0.2, 0.25) is 0 Å². The fraction of sp³-hybridized carbons (Fsp3) is 0.489. The highest BCUT2D eigenvalue weighted by Crippen LogP contribution is 2.41. The summed E-state index contributed by atoms with van der Waals surface area (Å²) in [7, 11) is 1.02. The fourth-order valence-corrected chi connectivity index (χ4v) is 7.60. The Morgan fingerprint density at radius 1 is 0.727 bits per heavy atom. The predicted octanol–water partition coefficient (Wildman–Crippen LogP) is 3.00. The molecule has 19 heteroatoms. The van der Waals surface area contributed by atoms with Gasteiger partial charge in [-0.25, -0.2) is 4.79 Å². The van der Waals surface area contributed by atoms with Gasteiger partial charge in [-0.1, -0.05) is 91.0 Å². The first-order chi connectivity index (χ1) is 31.6. The maximum absolute atomic E-state index is 14.5. The number of hydrogen-bond acceptors (Lipinski definition) is 18. The quantitative estimate of drug-likeness (QED) is 0.115. The molecule has 3 aromatic carbocycles. The van der Waals surface area contributed by atoms with Crippen LogP contribution in [0.25, 0.3) is 0 Å². The minimum Gasteiger partial charge on any atom is -0.465 e. The molecule has 0 aromatic heterocycles. The van der Waals surface area contributed by atoms with Crippen molar-refractivity contribution >= 4 is 35.8 Å². The van der Waals surface area contributed by atoms with Gasteiger partial charge in [-0.05, 0) is 16.7 Å². The number of amides is 1. The first kappa shape index (κ1) is 51.2. The van der Waals surface area contributed by atoms with Gasteiger partial charge in [-0.15, -0.1) is 0 Å². The molecule has 0 aliphatic carbocycles. The summed E-state index contributed by atoms with van der Waals surface area (Å²) in [4.78, 5) is 77.7. The molecule has 66 heavy (non-hydrogen) atoms. The lowest BCUT2D eigenvalue weighted by atomic mass is 9.87. The monoisotopic (exact) mass is 923 g/mol. The molecular weight excluding hydrogens is 867 g/mol. The third kappa shape index (κ3) is 14.6. The molecule has 2 saturated heterocycles. The second-order valence-corrected chi connectivity index (χ2v) is 15.6. The topological polar surface area (TPSA) is 236 Å². The van der Waals surface area contributed by atoms with Gasteiger partial charge < -0.3 is 62.5 Å². The Hall–Kier alpha value is -5.80. The summed E-state index contributed by atoms with van der Waals surface area (Å²) in [5.41, 5.74) is 2.30. The van der Waals surface area contributed by atoms with Crippen molar-refractivity contribution in [2.24, 2.45) is 0 Å². The highest BCUT2D eigenvalue weighted by molar-refractivity contribution is 5.79. The molecular formula is C47H57NO18. The van der Waals surface area contributed by atoms with Crippen LogP contribution in [0, 0.1) is 0 Å². The molecule has 2 aliphatic rings. The minimum absolute atomic E-state index is 0.00527. The van der Waals surface area contributed by atoms with Crippen LogP contribution < -0.4 is 5.32 Å². The highest BCUT2D eigenvalue weighted by Gasteiger charge is 2.62. The van der Waals surface area contributed by atoms with Crippen molar-refractivity contribution in [2.45, 2.75) is 128 Å². The number of carbonyl (C=O) groups is 6. The first-order valence-electron chi connectivity index (χ1n) is 21.2. The van der Waals surface area contributed by atoms with Gasteiger partial charge in [0, 0.05) is 34.6 Å². The molecule has 11 unspecified atom stereocenters. The SMILES string of the molecule is COC(=O)C1(OC2C(O)C(COCc3ccccc3)OC(OCc3ccccc3)C2OCc2ccccc2)CC(OC(C)=O)C(NC(C)=O)C(C(OC(C)=O)C(COC(C)=O)OC(C)=O)O1. The predicted molar refractivity (Wildman–Crippen MR) is 227 cm³/mol. The number of benzene rings is 3. The van der Waals surface area contributed by atoms with Gasteiger partial charge in [0.15, 0.2) is 18.5 Å². The molecule has 2 N–H and O–H groups in total. The maximum Gasteiger partial charge on any atom is 0.366 e. The summed E-state index contributed by atoms with van der Waals surface area (Å²) in [6.45, 7) is 4.49. The summed E-state index contributed by atoms with van der Waals surface area (Å²) >= 11 is 0. The van der Waals surface area contributed by atoms with Gasteiger partial charge in [0.25, 0.3) is 5.79 Å². The Morgan fingerprint density at radius 2 is 1.29 bits per heavy atom. The molecule has 2 aliphatic heterocycles. The van der Waals surface area contributed by atoms with Crippen LogP contribution in [0.1, 0.15) is 57.7 Å². The molecule has 2 fully saturated rings. The van der Waals surface area contributed by atoms with Crippen molar-refractivity contribution in [2.75, 3.05) is 20.3 Å². The van der Waals surface area contributed by atoms with Crippen LogP contribution >= 0.6 is 0 Å². The van der Waals surface area contributed by atoms with E-state index in [-0.39, 0.29) is 26.4 Å². The lowest BCUT2D eigenvalue weighted by Gasteiger charge is -2.51. The summed E-state index contributed by atoms with van der Waals surface area (Å²) < 4.78 is 66.2. The zero-order valence-electron chi connectivity index (χ0n) is 37.6. The van der Waals surface area contributed by atoms with Gasteiger partial charge in [0.2, 0.25) is 5.91 Å². The summed E-state index contributed by atoms with van der Waals surface area (Å²) in [6, 6.07) is 26.0. The molecule has 0 bridgehead atoms. The van der Waals surface area contributed by atoms with Crippen LogP contribution in [-0.2, 0) is 101 Å². The zero-order valence-corrected chi connectivity index (χ0v) is 37.6. The van der Waals surface area contributed by atoms with Crippen molar-refractivity contribution in [3.8, 4) is 0 Å². The van der Waals surface area contributed by atoms with E-state index in [1.54, 1.807) is 24.3 Å². The number of esters is 5.